The fourth-order valence-corrected chi connectivity index (χ4v) is 8.92. The second-order valence-electron chi connectivity index (χ2n) is 14.2. The van der Waals surface area contributed by atoms with E-state index in [0.29, 0.717) is 43.8 Å². The molecule has 3 saturated carbocycles. The zero-order valence-electron chi connectivity index (χ0n) is 27.3. The molecule has 8 atom stereocenters. The Balaban J connectivity index is 1.12. The van der Waals surface area contributed by atoms with E-state index in [2.05, 4.69) is 33.3 Å². The van der Waals surface area contributed by atoms with Gasteiger partial charge in [0.1, 0.15) is 0 Å². The maximum Gasteiger partial charge on any atom is 0.454 e. The van der Waals surface area contributed by atoms with E-state index >= 15 is 0 Å². The fraction of sp³-hybridized carbons (Fsp3) is 0.906. The van der Waals surface area contributed by atoms with E-state index in [9.17, 15) is 19.6 Å². The quantitative estimate of drug-likeness (QED) is 0.107. The molecule has 6 N–H and O–H groups in total. The van der Waals surface area contributed by atoms with Gasteiger partial charge in [0, 0.05) is 49.2 Å². The van der Waals surface area contributed by atoms with Crippen LogP contribution in [0.5, 0.6) is 0 Å². The molecule has 45 heavy (non-hydrogen) atoms. The number of unbranched alkanes of at least 4 members (excludes halogenated alkanes) is 2. The van der Waals surface area contributed by atoms with Gasteiger partial charge in [-0.1, -0.05) is 12.8 Å². The summed E-state index contributed by atoms with van der Waals surface area (Å²) in [6.45, 7) is 3.40. The maximum atomic E-state index is 13.3. The lowest BCUT2D eigenvalue weighted by molar-refractivity contribution is -0.126. The zero-order chi connectivity index (χ0) is 31.9. The Kier molecular flexibility index (Phi) is 13.0. The van der Waals surface area contributed by atoms with Crippen LogP contribution in [0.15, 0.2) is 4.99 Å². The lowest BCUT2D eigenvalue weighted by Crippen LogP contribution is -2.55. The molecule has 3 aliphatic carbocycles. The molecular formula is C32H56BClN6O5. The smallest absolute Gasteiger partial charge is 0.427 e. The highest BCUT2D eigenvalue weighted by Crippen LogP contribution is 2.42. The van der Waals surface area contributed by atoms with Gasteiger partial charge in [0.15, 0.2) is 0 Å². The summed E-state index contributed by atoms with van der Waals surface area (Å²) in [5.74, 6) is 0.433. The number of carbonyl (C=O) groups is 2. The van der Waals surface area contributed by atoms with E-state index in [4.69, 9.17) is 21.3 Å². The third kappa shape index (κ3) is 9.00. The molecular weight excluding hydrogens is 595 g/mol. The molecule has 5 rings (SSSR count). The summed E-state index contributed by atoms with van der Waals surface area (Å²) >= 11 is 6.51. The number of hydrazine groups is 1. The molecule has 254 valence electrons. The standard InChI is InChI=1S/C32H56BClN6O5/c1-20-38-39-31-27(19-29(41)35-15-4-3-5-16-36-32(42)22-7-6-8-23(17-22)33(43)44)37-30(21-9-11-24(34)12-10-21)26-18-25(45-2)13-14-28(26)40(20)31/h20-28,31,38-39,43-44H,3-19H2,1-2H3,(H,35,41)(H,36,42)/t20?,21?,22?,23?,24?,25?,26?,27-,28?,31?/m0/s1. The monoisotopic (exact) mass is 650 g/mol. The first kappa shape index (κ1) is 35.0. The predicted octanol–water partition coefficient (Wildman–Crippen LogP) is 2.70. The van der Waals surface area contributed by atoms with Crippen LogP contribution in [0, 0.1) is 17.8 Å². The summed E-state index contributed by atoms with van der Waals surface area (Å²) < 4.78 is 5.87. The Hall–Kier alpha value is -1.28. The zero-order valence-corrected chi connectivity index (χ0v) is 28.0. The van der Waals surface area contributed by atoms with Gasteiger partial charge in [0.2, 0.25) is 11.8 Å². The molecule has 1 saturated heterocycles. The highest BCUT2D eigenvalue weighted by atomic mass is 35.5. The van der Waals surface area contributed by atoms with Crippen molar-refractivity contribution in [3.8, 4) is 0 Å². The number of aliphatic imine (C=N–C) groups is 1. The van der Waals surface area contributed by atoms with Gasteiger partial charge in [-0.25, -0.2) is 10.9 Å². The van der Waals surface area contributed by atoms with Crippen molar-refractivity contribution in [2.24, 2.45) is 22.7 Å². The molecule has 0 radical (unpaired) electrons. The van der Waals surface area contributed by atoms with Crippen LogP contribution in [-0.2, 0) is 14.3 Å². The van der Waals surface area contributed by atoms with Crippen LogP contribution in [0.25, 0.3) is 0 Å². The van der Waals surface area contributed by atoms with Gasteiger partial charge >= 0.3 is 7.12 Å². The Bertz CT molecular complexity index is 1020. The minimum Gasteiger partial charge on any atom is -0.427 e. The number of amides is 2. The van der Waals surface area contributed by atoms with Crippen molar-refractivity contribution >= 4 is 36.2 Å². The van der Waals surface area contributed by atoms with E-state index < -0.39 is 7.12 Å². The topological polar surface area (TPSA) is 148 Å². The number of nitrogens with one attached hydrogen (secondary N) is 4. The number of nitrogens with zero attached hydrogens (tertiary/aromatic N) is 2. The van der Waals surface area contributed by atoms with Crippen LogP contribution in [0.4, 0.5) is 0 Å². The summed E-state index contributed by atoms with van der Waals surface area (Å²) in [5.41, 5.74) is 8.23. The van der Waals surface area contributed by atoms with Crippen molar-refractivity contribution in [1.82, 2.24) is 26.4 Å². The highest BCUT2D eigenvalue weighted by Gasteiger charge is 2.50. The van der Waals surface area contributed by atoms with Gasteiger partial charge in [0.05, 0.1) is 30.9 Å². The molecule has 4 fully saturated rings. The third-order valence-electron chi connectivity index (χ3n) is 11.2. The van der Waals surface area contributed by atoms with E-state index in [1.165, 1.54) is 5.71 Å². The maximum absolute atomic E-state index is 13.3. The average molecular weight is 651 g/mol. The number of ether oxygens (including phenoxy) is 1. The van der Waals surface area contributed by atoms with Crippen LogP contribution in [0.2, 0.25) is 5.82 Å². The van der Waals surface area contributed by atoms with Crippen molar-refractivity contribution in [2.75, 3.05) is 20.2 Å². The van der Waals surface area contributed by atoms with Crippen LogP contribution in [-0.4, -0.2) is 95.7 Å². The third-order valence-corrected chi connectivity index (χ3v) is 11.6. The van der Waals surface area contributed by atoms with Gasteiger partial charge in [-0.2, -0.15) is 0 Å². The fourth-order valence-electron chi connectivity index (χ4n) is 8.67. The molecule has 0 aromatic rings. The summed E-state index contributed by atoms with van der Waals surface area (Å²) in [6, 6.07) is 0.181. The molecule has 2 heterocycles. The van der Waals surface area contributed by atoms with E-state index in [0.717, 1.165) is 83.5 Å². The molecule has 2 amide bonds. The molecule has 2 aliphatic heterocycles. The van der Waals surface area contributed by atoms with Gasteiger partial charge in [-0.15, -0.1) is 11.6 Å². The summed E-state index contributed by atoms with van der Waals surface area (Å²) in [7, 11) is 0.479. The largest absolute Gasteiger partial charge is 0.454 e. The minimum atomic E-state index is -1.34. The molecule has 0 aromatic carbocycles. The molecule has 0 aromatic heterocycles. The van der Waals surface area contributed by atoms with Gasteiger partial charge in [-0.3, -0.25) is 19.5 Å². The predicted molar refractivity (Wildman–Crippen MR) is 176 cm³/mol. The number of hydrogen-bond donors (Lipinski definition) is 6. The Morgan fingerprint density at radius 2 is 1.76 bits per heavy atom. The Morgan fingerprint density at radius 3 is 2.49 bits per heavy atom. The van der Waals surface area contributed by atoms with Crippen molar-refractivity contribution in [3.63, 3.8) is 0 Å². The number of alkyl halides is 1. The lowest BCUT2D eigenvalue weighted by Gasteiger charge is -2.44. The van der Waals surface area contributed by atoms with E-state index in [-0.39, 0.29) is 53.4 Å². The average Bonchev–Trinajstić information content (AvgIpc) is 3.37. The number of rotatable bonds is 12. The van der Waals surface area contributed by atoms with Crippen molar-refractivity contribution in [1.29, 1.82) is 0 Å². The normalized spacial score (nSPS) is 37.1. The van der Waals surface area contributed by atoms with Crippen molar-refractivity contribution in [2.45, 2.75) is 145 Å². The number of methoxy groups -OCH3 is 1. The summed E-state index contributed by atoms with van der Waals surface area (Å²) in [4.78, 5) is 33.9. The van der Waals surface area contributed by atoms with Crippen LogP contribution in [0.1, 0.15) is 103 Å². The van der Waals surface area contributed by atoms with Gasteiger partial charge in [-0.05, 0) is 95.7 Å². The summed E-state index contributed by atoms with van der Waals surface area (Å²) in [6.07, 6.45) is 13.5. The highest BCUT2D eigenvalue weighted by molar-refractivity contribution is 6.43. The first-order valence-corrected chi connectivity index (χ1v) is 18.1. The molecule has 0 spiro atoms. The van der Waals surface area contributed by atoms with Gasteiger partial charge < -0.3 is 25.4 Å². The molecule has 7 unspecified atom stereocenters. The van der Waals surface area contributed by atoms with E-state index in [1.54, 1.807) is 0 Å². The molecule has 5 aliphatic rings. The minimum absolute atomic E-state index is 0.0173. The number of carbonyl (C=O) groups excluding carboxylic acids is 2. The van der Waals surface area contributed by atoms with Gasteiger partial charge in [0.25, 0.3) is 0 Å². The second kappa shape index (κ2) is 16.7. The molecule has 11 nitrogen and oxygen atoms in total. The molecule has 13 heteroatoms. The van der Waals surface area contributed by atoms with Crippen LogP contribution in [0.3, 0.4) is 0 Å². The first-order chi connectivity index (χ1) is 21.7. The Morgan fingerprint density at radius 1 is 1.00 bits per heavy atom. The van der Waals surface area contributed by atoms with Crippen molar-refractivity contribution in [3.05, 3.63) is 0 Å². The Labute approximate surface area is 274 Å². The van der Waals surface area contributed by atoms with E-state index in [1.807, 2.05) is 7.11 Å². The SMILES string of the molecule is COC1CCC2C(C1)C(C1CCC(Cl)CC1)=N[C@@H](CC(=O)NCCCCCNC(=O)C1CCCC(B(O)O)C1)C1NNC(C)N21. The van der Waals surface area contributed by atoms with Crippen LogP contribution >= 0.6 is 11.6 Å². The number of halogens is 1. The van der Waals surface area contributed by atoms with Crippen molar-refractivity contribution < 1.29 is 24.4 Å². The lowest BCUT2D eigenvalue weighted by atomic mass is 9.62. The molecule has 0 bridgehead atoms. The first-order valence-electron chi connectivity index (χ1n) is 17.7. The second-order valence-corrected chi connectivity index (χ2v) is 14.8. The number of hydrogen-bond acceptors (Lipinski definition) is 9. The number of fused-ring (bicyclic) bond motifs is 3. The summed E-state index contributed by atoms with van der Waals surface area (Å²) in [5, 5.41) is 25.4. The van der Waals surface area contributed by atoms with Crippen LogP contribution < -0.4 is 21.5 Å².